The van der Waals surface area contributed by atoms with Crippen LogP contribution in [0.25, 0.3) is 0 Å². The van der Waals surface area contributed by atoms with Crippen molar-refractivity contribution in [1.29, 1.82) is 0 Å². The summed E-state index contributed by atoms with van der Waals surface area (Å²) < 4.78 is 47.3. The number of halogens is 2. The molecule has 1 aliphatic rings. The first-order valence-corrected chi connectivity index (χ1v) is 10.0. The van der Waals surface area contributed by atoms with Crippen molar-refractivity contribution in [2.24, 2.45) is 0 Å². The van der Waals surface area contributed by atoms with E-state index in [1.54, 1.807) is 12.1 Å². The Morgan fingerprint density at radius 1 is 1.21 bits per heavy atom. The predicted octanol–water partition coefficient (Wildman–Crippen LogP) is 4.09. The normalized spacial score (nSPS) is 17.4. The van der Waals surface area contributed by atoms with Gasteiger partial charge >= 0.3 is 0 Å². The van der Waals surface area contributed by atoms with Gasteiger partial charge in [-0.1, -0.05) is 12.1 Å². The van der Waals surface area contributed by atoms with Gasteiger partial charge in [-0.25, -0.2) is 8.78 Å². The number of anilines is 1. The van der Waals surface area contributed by atoms with E-state index in [2.05, 4.69) is 10.0 Å². The number of carbonyl (C=O) groups excluding carboxylic acids is 1. The summed E-state index contributed by atoms with van der Waals surface area (Å²) in [6, 6.07) is 8.05. The highest BCUT2D eigenvalue weighted by Gasteiger charge is 2.33. The lowest BCUT2D eigenvalue weighted by atomic mass is 9.98. The Balaban J connectivity index is 1.85. The maximum Gasteiger partial charge on any atom is 0.259 e. The second kappa shape index (κ2) is 8.06. The van der Waals surface area contributed by atoms with Crippen molar-refractivity contribution in [3.8, 4) is 5.75 Å². The van der Waals surface area contributed by atoms with Crippen molar-refractivity contribution in [2.45, 2.75) is 38.0 Å². The van der Waals surface area contributed by atoms with Crippen molar-refractivity contribution < 1.29 is 22.9 Å². The van der Waals surface area contributed by atoms with Crippen molar-refractivity contribution in [3.05, 3.63) is 59.2 Å². The van der Waals surface area contributed by atoms with E-state index in [1.807, 2.05) is 26.8 Å². The van der Waals surface area contributed by atoms with E-state index in [0.717, 1.165) is 17.7 Å². The largest absolute Gasteiger partial charge is 0.598 e. The highest BCUT2D eigenvalue weighted by molar-refractivity contribution is 7.90. The van der Waals surface area contributed by atoms with Crippen molar-refractivity contribution >= 4 is 23.0 Å². The number of benzene rings is 2. The number of ether oxygens (including phenoxy) is 1. The maximum absolute atomic E-state index is 13.4. The third-order valence-corrected chi connectivity index (χ3v) is 5.91. The molecule has 0 aromatic heterocycles. The third kappa shape index (κ3) is 4.45. The van der Waals surface area contributed by atoms with E-state index in [4.69, 9.17) is 4.74 Å². The average Bonchev–Trinajstić information content (AvgIpc) is 2.63. The second-order valence-corrected chi connectivity index (χ2v) is 9.49. The molecule has 2 aromatic carbocycles. The second-order valence-electron chi connectivity index (χ2n) is 7.50. The van der Waals surface area contributed by atoms with Gasteiger partial charge in [-0.2, -0.15) is 0 Å². The number of hydrogen-bond donors (Lipinski definition) is 2. The van der Waals surface area contributed by atoms with Crippen LogP contribution in [0, 0.1) is 11.6 Å². The molecule has 1 amide bonds. The molecule has 2 atom stereocenters. The van der Waals surface area contributed by atoms with Gasteiger partial charge in [0.1, 0.15) is 10.5 Å². The molecule has 0 spiro atoms. The zero-order chi connectivity index (χ0) is 20.5. The molecule has 2 aromatic rings. The van der Waals surface area contributed by atoms with Gasteiger partial charge in [0.25, 0.3) is 5.91 Å². The van der Waals surface area contributed by atoms with E-state index in [-0.39, 0.29) is 17.3 Å². The summed E-state index contributed by atoms with van der Waals surface area (Å²) in [5.41, 5.74) is 1.15. The lowest BCUT2D eigenvalue weighted by Gasteiger charge is -2.31. The number of carbonyl (C=O) groups is 1. The fourth-order valence-corrected chi connectivity index (χ4v) is 3.66. The van der Waals surface area contributed by atoms with Gasteiger partial charge in [-0.05, 0) is 39.0 Å². The summed E-state index contributed by atoms with van der Waals surface area (Å²) in [5.74, 6) is -2.13. The van der Waals surface area contributed by atoms with Crippen molar-refractivity contribution in [3.63, 3.8) is 0 Å². The van der Waals surface area contributed by atoms with Crippen LogP contribution < -0.4 is 14.8 Å². The van der Waals surface area contributed by atoms with Crippen LogP contribution in [0.4, 0.5) is 14.5 Å². The summed E-state index contributed by atoms with van der Waals surface area (Å²) >= 11 is -1.28. The number of hydrogen-bond acceptors (Lipinski definition) is 4. The topological polar surface area (TPSA) is 73.4 Å². The van der Waals surface area contributed by atoms with Gasteiger partial charge < -0.3 is 14.6 Å². The average molecular weight is 408 g/mol. The van der Waals surface area contributed by atoms with Crippen LogP contribution in [0.5, 0.6) is 5.75 Å². The molecule has 0 saturated carbocycles. The molecule has 0 radical (unpaired) electrons. The third-order valence-electron chi connectivity index (χ3n) is 4.30. The Hall–Kier alpha value is -2.16. The molecule has 150 valence electrons. The molecule has 3 rings (SSSR count). The monoisotopic (exact) mass is 408 g/mol. The molecule has 1 aliphatic heterocycles. The molecule has 2 N–H and O–H groups in total. The Morgan fingerprint density at radius 3 is 2.64 bits per heavy atom. The van der Waals surface area contributed by atoms with Gasteiger partial charge in [-0.3, -0.25) is 4.79 Å². The van der Waals surface area contributed by atoms with Crippen LogP contribution in [0.1, 0.15) is 49.2 Å². The summed E-state index contributed by atoms with van der Waals surface area (Å²) in [7, 11) is 0. The number of amides is 1. The molecule has 0 saturated heterocycles. The zero-order valence-electron chi connectivity index (χ0n) is 15.8. The van der Waals surface area contributed by atoms with E-state index in [0.29, 0.717) is 18.8 Å². The van der Waals surface area contributed by atoms with E-state index >= 15 is 0 Å². The van der Waals surface area contributed by atoms with Gasteiger partial charge in [0, 0.05) is 35.1 Å². The summed E-state index contributed by atoms with van der Waals surface area (Å²) in [5, 5.41) is 2.55. The molecule has 28 heavy (non-hydrogen) atoms. The van der Waals surface area contributed by atoms with Crippen LogP contribution in [-0.2, 0) is 11.4 Å². The molecule has 0 bridgehead atoms. The standard InChI is InChI=1S/C20H22F2N2O3S/c1-20(2,3)28(26)24-17-9-10-27-18-13(17)5-4-6-14(18)19(25)23-12-7-8-15(21)16(22)11-12/h4-8,11,17,24H,9-10H2,1-3H3,(H,23,25)/t17-,28-/m0/s1. The van der Waals surface area contributed by atoms with E-state index in [1.165, 1.54) is 6.07 Å². The van der Waals surface area contributed by atoms with Crippen molar-refractivity contribution in [1.82, 2.24) is 4.72 Å². The van der Waals surface area contributed by atoms with Gasteiger partial charge in [0.15, 0.2) is 11.6 Å². The molecule has 8 heteroatoms. The number of rotatable bonds is 4. The van der Waals surface area contributed by atoms with E-state index in [9.17, 15) is 18.1 Å². The minimum atomic E-state index is -1.28. The van der Waals surface area contributed by atoms with Gasteiger partial charge in [0.2, 0.25) is 0 Å². The minimum Gasteiger partial charge on any atom is -0.598 e. The Morgan fingerprint density at radius 2 is 1.96 bits per heavy atom. The Bertz CT molecular complexity index is 886. The molecule has 1 heterocycles. The van der Waals surface area contributed by atoms with E-state index < -0.39 is 33.7 Å². The first-order chi connectivity index (χ1) is 13.2. The molecule has 0 aliphatic carbocycles. The Kier molecular flexibility index (Phi) is 5.92. The number of nitrogens with one attached hydrogen (secondary N) is 2. The highest BCUT2D eigenvalue weighted by atomic mass is 32.2. The smallest absolute Gasteiger partial charge is 0.259 e. The Labute approximate surface area is 165 Å². The molecule has 0 unspecified atom stereocenters. The number of para-hydroxylation sites is 1. The fraction of sp³-hybridized carbons (Fsp3) is 0.350. The number of fused-ring (bicyclic) bond motifs is 1. The SMILES string of the molecule is CC(C)(C)[S@+]([O-])N[C@H]1CCOc2c(C(=O)Nc3ccc(F)c(F)c3)cccc21. The molecular formula is C20H22F2N2O3S. The highest BCUT2D eigenvalue weighted by Crippen LogP contribution is 2.36. The lowest BCUT2D eigenvalue weighted by molar-refractivity contribution is 0.102. The van der Waals surface area contributed by atoms with Crippen LogP contribution in [0.15, 0.2) is 36.4 Å². The summed E-state index contributed by atoms with van der Waals surface area (Å²) in [4.78, 5) is 12.7. The first-order valence-electron chi connectivity index (χ1n) is 8.87. The lowest BCUT2D eigenvalue weighted by Crippen LogP contribution is -2.42. The van der Waals surface area contributed by atoms with Crippen LogP contribution >= 0.6 is 0 Å². The van der Waals surface area contributed by atoms with Crippen LogP contribution in [-0.4, -0.2) is 21.8 Å². The van der Waals surface area contributed by atoms with Gasteiger partial charge in [-0.15, -0.1) is 4.72 Å². The van der Waals surface area contributed by atoms with Crippen LogP contribution in [0.2, 0.25) is 0 Å². The van der Waals surface area contributed by atoms with Gasteiger partial charge in [0.05, 0.1) is 18.2 Å². The quantitative estimate of drug-likeness (QED) is 0.748. The zero-order valence-corrected chi connectivity index (χ0v) is 16.7. The van der Waals surface area contributed by atoms with Crippen molar-refractivity contribution in [2.75, 3.05) is 11.9 Å². The maximum atomic E-state index is 13.4. The summed E-state index contributed by atoms with van der Waals surface area (Å²) in [6.07, 6.45) is 0.614. The first kappa shape index (κ1) is 20.6. The molecule has 0 fully saturated rings. The van der Waals surface area contributed by atoms with Crippen LogP contribution in [0.3, 0.4) is 0 Å². The molecule has 5 nitrogen and oxygen atoms in total. The predicted molar refractivity (Wildman–Crippen MR) is 105 cm³/mol. The molecular weight excluding hydrogens is 386 g/mol. The minimum absolute atomic E-state index is 0.140. The summed E-state index contributed by atoms with van der Waals surface area (Å²) in [6.45, 7) is 5.99. The fourth-order valence-electron chi connectivity index (χ4n) is 2.80.